The zero-order valence-electron chi connectivity index (χ0n) is 14.8. The summed E-state index contributed by atoms with van der Waals surface area (Å²) in [6, 6.07) is 11.6. The molecule has 0 radical (unpaired) electrons. The highest BCUT2D eigenvalue weighted by Crippen LogP contribution is 2.29. The summed E-state index contributed by atoms with van der Waals surface area (Å²) in [5.74, 6) is 0.665. The van der Waals surface area contributed by atoms with E-state index in [1.165, 1.54) is 25.9 Å². The molecule has 1 aromatic carbocycles. The minimum Gasteiger partial charge on any atom is -0.348 e. The quantitative estimate of drug-likeness (QED) is 0.795. The monoisotopic (exact) mass is 369 g/mol. The van der Waals surface area contributed by atoms with Gasteiger partial charge in [0.2, 0.25) is 0 Å². The Bertz CT molecular complexity index is 807. The summed E-state index contributed by atoms with van der Waals surface area (Å²) in [4.78, 5) is 30.5. The second-order valence-corrected chi connectivity index (χ2v) is 8.25. The van der Waals surface area contributed by atoms with Gasteiger partial charge in [-0.2, -0.15) is 0 Å². The highest BCUT2D eigenvalue weighted by Gasteiger charge is 2.34. The second-order valence-electron chi connectivity index (χ2n) is 7.14. The van der Waals surface area contributed by atoms with Crippen LogP contribution in [0.3, 0.4) is 0 Å². The molecule has 3 aliphatic rings. The van der Waals surface area contributed by atoms with Gasteiger partial charge >= 0.3 is 0 Å². The number of rotatable bonds is 5. The SMILES string of the molecule is CC(=O)c1ccc(Sc2ccc(C(=O)N[C@H]3CN4CCC3CC4)cc2)[nH]1. The minimum atomic E-state index is 0.0130. The van der Waals surface area contributed by atoms with E-state index in [2.05, 4.69) is 15.2 Å². The molecule has 2 N–H and O–H groups in total. The second kappa shape index (κ2) is 7.29. The predicted molar refractivity (Wildman–Crippen MR) is 102 cm³/mol. The Morgan fingerprint density at radius 2 is 1.85 bits per heavy atom. The predicted octanol–water partition coefficient (Wildman–Crippen LogP) is 3.19. The highest BCUT2D eigenvalue weighted by molar-refractivity contribution is 7.99. The van der Waals surface area contributed by atoms with Crippen molar-refractivity contribution in [1.29, 1.82) is 0 Å². The molecule has 1 amide bonds. The molecule has 6 heteroatoms. The van der Waals surface area contributed by atoms with Crippen LogP contribution in [0.5, 0.6) is 0 Å². The average Bonchev–Trinajstić information content (AvgIpc) is 3.12. The minimum absolute atomic E-state index is 0.0130. The van der Waals surface area contributed by atoms with Crippen LogP contribution in [-0.4, -0.2) is 47.3 Å². The Hall–Kier alpha value is -2.05. The van der Waals surface area contributed by atoms with Crippen LogP contribution < -0.4 is 5.32 Å². The molecule has 0 spiro atoms. The fourth-order valence-electron chi connectivity index (χ4n) is 3.82. The maximum Gasteiger partial charge on any atom is 0.251 e. The van der Waals surface area contributed by atoms with E-state index in [1.807, 2.05) is 30.3 Å². The Balaban J connectivity index is 1.37. The van der Waals surface area contributed by atoms with Gasteiger partial charge in [0.25, 0.3) is 5.91 Å². The summed E-state index contributed by atoms with van der Waals surface area (Å²) in [5.41, 5.74) is 1.31. The van der Waals surface area contributed by atoms with E-state index in [0.717, 1.165) is 16.5 Å². The molecule has 3 fully saturated rings. The van der Waals surface area contributed by atoms with Crippen molar-refractivity contribution < 1.29 is 9.59 Å². The van der Waals surface area contributed by atoms with Crippen molar-refractivity contribution in [2.24, 2.45) is 5.92 Å². The maximum atomic E-state index is 12.6. The number of H-pyrrole nitrogens is 1. The van der Waals surface area contributed by atoms with Crippen LogP contribution in [0.1, 0.15) is 40.6 Å². The Morgan fingerprint density at radius 1 is 1.12 bits per heavy atom. The van der Waals surface area contributed by atoms with E-state index < -0.39 is 0 Å². The fraction of sp³-hybridized carbons (Fsp3) is 0.400. The van der Waals surface area contributed by atoms with Gasteiger partial charge in [-0.1, -0.05) is 11.8 Å². The first-order valence-electron chi connectivity index (χ1n) is 9.09. The molecule has 5 nitrogen and oxygen atoms in total. The first kappa shape index (κ1) is 17.4. The summed E-state index contributed by atoms with van der Waals surface area (Å²) < 4.78 is 0. The lowest BCUT2D eigenvalue weighted by Gasteiger charge is -2.44. The standard InChI is InChI=1S/C20H23N3O2S/c1-13(24)17-6-7-19(21-17)26-16-4-2-15(3-5-16)20(25)22-18-12-23-10-8-14(18)9-11-23/h2-7,14,18,21H,8-12H2,1H3,(H,22,25)/t18-/m0/s1. The number of ketones is 1. The number of hydrogen-bond acceptors (Lipinski definition) is 4. The van der Waals surface area contributed by atoms with E-state index in [4.69, 9.17) is 0 Å². The van der Waals surface area contributed by atoms with Crippen molar-refractivity contribution in [1.82, 2.24) is 15.2 Å². The number of amides is 1. The van der Waals surface area contributed by atoms with Crippen LogP contribution in [0.25, 0.3) is 0 Å². The third-order valence-corrected chi connectivity index (χ3v) is 6.32. The number of hydrogen-bond donors (Lipinski definition) is 2. The molecule has 4 heterocycles. The number of piperidine rings is 3. The van der Waals surface area contributed by atoms with Crippen molar-refractivity contribution in [2.45, 2.75) is 35.7 Å². The third-order valence-electron chi connectivity index (χ3n) is 5.36. The summed E-state index contributed by atoms with van der Waals surface area (Å²) in [7, 11) is 0. The molecule has 3 aliphatic heterocycles. The number of aromatic nitrogens is 1. The molecule has 3 saturated heterocycles. The number of nitrogens with zero attached hydrogens (tertiary/aromatic N) is 1. The van der Waals surface area contributed by atoms with E-state index in [9.17, 15) is 9.59 Å². The normalized spacial score (nSPS) is 24.4. The van der Waals surface area contributed by atoms with Gasteiger partial charge in [0.15, 0.2) is 5.78 Å². The van der Waals surface area contributed by atoms with Crippen LogP contribution in [0.15, 0.2) is 46.3 Å². The number of benzene rings is 1. The van der Waals surface area contributed by atoms with Gasteiger partial charge in [-0.3, -0.25) is 9.59 Å². The van der Waals surface area contributed by atoms with Crippen molar-refractivity contribution in [3.8, 4) is 0 Å². The lowest BCUT2D eigenvalue weighted by Crippen LogP contribution is -2.57. The van der Waals surface area contributed by atoms with Gasteiger partial charge in [-0.25, -0.2) is 0 Å². The van der Waals surface area contributed by atoms with Crippen LogP contribution in [0.4, 0.5) is 0 Å². The molecular formula is C20H23N3O2S. The molecule has 26 heavy (non-hydrogen) atoms. The average molecular weight is 369 g/mol. The summed E-state index contributed by atoms with van der Waals surface area (Å²) >= 11 is 1.55. The zero-order valence-corrected chi connectivity index (χ0v) is 15.6. The Labute approximate surface area is 157 Å². The molecule has 1 atom stereocenters. The largest absolute Gasteiger partial charge is 0.348 e. The molecule has 0 saturated carbocycles. The third kappa shape index (κ3) is 3.71. The van der Waals surface area contributed by atoms with Crippen molar-refractivity contribution in [2.75, 3.05) is 19.6 Å². The number of aromatic amines is 1. The molecule has 0 unspecified atom stereocenters. The molecular weight excluding hydrogens is 346 g/mol. The molecule has 2 bridgehead atoms. The number of carbonyl (C=O) groups excluding carboxylic acids is 2. The molecule has 136 valence electrons. The van der Waals surface area contributed by atoms with Crippen LogP contribution in [0, 0.1) is 5.92 Å². The molecule has 1 aromatic heterocycles. The van der Waals surface area contributed by atoms with Gasteiger partial charge in [-0.05, 0) is 68.2 Å². The number of carbonyl (C=O) groups is 2. The van der Waals surface area contributed by atoms with Crippen molar-refractivity contribution in [3.05, 3.63) is 47.7 Å². The summed E-state index contributed by atoms with van der Waals surface area (Å²) in [6.45, 7) is 4.87. The summed E-state index contributed by atoms with van der Waals surface area (Å²) in [5, 5.41) is 4.14. The fourth-order valence-corrected chi connectivity index (χ4v) is 4.64. The number of fused-ring (bicyclic) bond motifs is 3. The van der Waals surface area contributed by atoms with Crippen LogP contribution >= 0.6 is 11.8 Å². The zero-order chi connectivity index (χ0) is 18.1. The first-order valence-corrected chi connectivity index (χ1v) is 9.91. The lowest BCUT2D eigenvalue weighted by molar-refractivity contribution is 0.0620. The van der Waals surface area contributed by atoms with E-state index in [-0.39, 0.29) is 17.7 Å². The summed E-state index contributed by atoms with van der Waals surface area (Å²) in [6.07, 6.45) is 2.39. The first-order chi connectivity index (χ1) is 12.6. The lowest BCUT2D eigenvalue weighted by atomic mass is 9.84. The Morgan fingerprint density at radius 3 is 2.42 bits per heavy atom. The van der Waals surface area contributed by atoms with E-state index in [1.54, 1.807) is 24.8 Å². The van der Waals surface area contributed by atoms with Gasteiger partial charge in [-0.15, -0.1) is 0 Å². The Kier molecular flexibility index (Phi) is 4.87. The van der Waals surface area contributed by atoms with Crippen molar-refractivity contribution in [3.63, 3.8) is 0 Å². The van der Waals surface area contributed by atoms with E-state index >= 15 is 0 Å². The molecule has 5 rings (SSSR count). The number of Topliss-reactive ketones (excluding diaryl/α,β-unsaturated/α-hetero) is 1. The van der Waals surface area contributed by atoms with Gasteiger partial charge in [0, 0.05) is 30.0 Å². The van der Waals surface area contributed by atoms with Gasteiger partial charge < -0.3 is 15.2 Å². The smallest absolute Gasteiger partial charge is 0.251 e. The van der Waals surface area contributed by atoms with Crippen LogP contribution in [0.2, 0.25) is 0 Å². The van der Waals surface area contributed by atoms with E-state index in [0.29, 0.717) is 17.2 Å². The van der Waals surface area contributed by atoms with Gasteiger partial charge in [0.05, 0.1) is 10.7 Å². The highest BCUT2D eigenvalue weighted by atomic mass is 32.2. The molecule has 2 aromatic rings. The number of nitrogens with one attached hydrogen (secondary N) is 2. The maximum absolute atomic E-state index is 12.6. The van der Waals surface area contributed by atoms with Crippen molar-refractivity contribution >= 4 is 23.5 Å². The van der Waals surface area contributed by atoms with Crippen LogP contribution in [-0.2, 0) is 0 Å². The molecule has 0 aliphatic carbocycles. The topological polar surface area (TPSA) is 65.2 Å². The van der Waals surface area contributed by atoms with Gasteiger partial charge in [0.1, 0.15) is 0 Å².